The molecule has 3 nitrogen and oxygen atoms in total. The van der Waals surface area contributed by atoms with Crippen LogP contribution in [-0.4, -0.2) is 11.1 Å². The Morgan fingerprint density at radius 2 is 1.50 bits per heavy atom. The quantitative estimate of drug-likeness (QED) is 0.849. The van der Waals surface area contributed by atoms with Crippen LogP contribution in [0.25, 0.3) is 0 Å². The van der Waals surface area contributed by atoms with Crippen LogP contribution in [0.3, 0.4) is 0 Å². The summed E-state index contributed by atoms with van der Waals surface area (Å²) in [6, 6.07) is 16.0. The van der Waals surface area contributed by atoms with Gasteiger partial charge in [-0.1, -0.05) is 36.4 Å². The van der Waals surface area contributed by atoms with Crippen molar-refractivity contribution in [1.29, 1.82) is 0 Å². The van der Waals surface area contributed by atoms with Crippen LogP contribution in [0.5, 0.6) is 5.75 Å². The van der Waals surface area contributed by atoms with E-state index >= 15 is 0 Å². The van der Waals surface area contributed by atoms with E-state index in [1.165, 1.54) is 5.56 Å². The first-order chi connectivity index (χ1) is 9.67. The number of aliphatic hydroxyl groups excluding tert-OH is 1. The minimum Gasteiger partial charge on any atom is -0.489 e. The van der Waals surface area contributed by atoms with Crippen molar-refractivity contribution in [3.63, 3.8) is 0 Å². The third-order valence-electron chi connectivity index (χ3n) is 3.09. The molecule has 2 aromatic carbocycles. The molecule has 0 aliphatic carbocycles. The number of aliphatic hydroxyl groups is 1. The van der Waals surface area contributed by atoms with Crippen molar-refractivity contribution < 1.29 is 9.84 Å². The maximum atomic E-state index is 8.98. The molecule has 0 heterocycles. The zero-order chi connectivity index (χ0) is 14.4. The molecule has 0 fully saturated rings. The molecular weight excluding hydrogens is 250 g/mol. The molecular formula is C17H21NO2. The van der Waals surface area contributed by atoms with Crippen molar-refractivity contribution in [3.8, 4) is 5.75 Å². The Balaban J connectivity index is 1.89. The summed E-state index contributed by atoms with van der Waals surface area (Å²) in [6.45, 7) is 2.60. The van der Waals surface area contributed by atoms with Crippen molar-refractivity contribution in [3.05, 3.63) is 65.2 Å². The molecule has 0 aliphatic heterocycles. The van der Waals surface area contributed by atoms with E-state index < -0.39 is 0 Å². The monoisotopic (exact) mass is 271 g/mol. The second kappa shape index (κ2) is 7.08. The fraction of sp³-hybridized carbons (Fsp3) is 0.294. The topological polar surface area (TPSA) is 55.5 Å². The lowest BCUT2D eigenvalue weighted by Gasteiger charge is -2.09. The van der Waals surface area contributed by atoms with E-state index in [-0.39, 0.29) is 12.6 Å². The molecule has 1 unspecified atom stereocenters. The molecule has 0 saturated heterocycles. The van der Waals surface area contributed by atoms with Crippen LogP contribution in [0.4, 0.5) is 0 Å². The Morgan fingerprint density at radius 1 is 0.950 bits per heavy atom. The largest absolute Gasteiger partial charge is 0.489 e. The predicted octanol–water partition coefficient (Wildman–Crippen LogP) is 2.65. The van der Waals surface area contributed by atoms with Gasteiger partial charge in [-0.2, -0.15) is 0 Å². The molecule has 0 aromatic heterocycles. The van der Waals surface area contributed by atoms with E-state index in [1.54, 1.807) is 0 Å². The maximum Gasteiger partial charge on any atom is 0.119 e. The number of benzene rings is 2. The first kappa shape index (κ1) is 14.6. The molecule has 0 radical (unpaired) electrons. The zero-order valence-corrected chi connectivity index (χ0v) is 11.8. The van der Waals surface area contributed by atoms with Crippen molar-refractivity contribution in [1.82, 2.24) is 0 Å². The van der Waals surface area contributed by atoms with E-state index in [4.69, 9.17) is 15.6 Å². The van der Waals surface area contributed by atoms with Crippen LogP contribution in [-0.2, 0) is 19.6 Å². The van der Waals surface area contributed by atoms with Gasteiger partial charge in [0.15, 0.2) is 0 Å². The van der Waals surface area contributed by atoms with Gasteiger partial charge in [-0.25, -0.2) is 0 Å². The van der Waals surface area contributed by atoms with Gasteiger partial charge < -0.3 is 15.6 Å². The number of rotatable bonds is 6. The number of hydrogen-bond acceptors (Lipinski definition) is 3. The third kappa shape index (κ3) is 4.37. The van der Waals surface area contributed by atoms with Gasteiger partial charge in [-0.05, 0) is 42.2 Å². The van der Waals surface area contributed by atoms with Gasteiger partial charge in [0, 0.05) is 6.04 Å². The first-order valence-electron chi connectivity index (χ1n) is 6.83. The second-order valence-electron chi connectivity index (χ2n) is 5.09. The van der Waals surface area contributed by atoms with Gasteiger partial charge in [0.2, 0.25) is 0 Å². The standard InChI is InChI=1S/C17H21NO2/c1-13(18)10-14-6-8-17(9-7-14)20-12-16-4-2-15(11-19)3-5-16/h2-9,13,19H,10-12,18H2,1H3. The Labute approximate surface area is 120 Å². The summed E-state index contributed by atoms with van der Waals surface area (Å²) in [6.07, 6.45) is 0.878. The van der Waals surface area contributed by atoms with Crippen LogP contribution < -0.4 is 10.5 Å². The summed E-state index contributed by atoms with van der Waals surface area (Å²) >= 11 is 0. The molecule has 20 heavy (non-hydrogen) atoms. The van der Waals surface area contributed by atoms with Gasteiger partial charge in [0.05, 0.1) is 6.61 Å². The minimum atomic E-state index is 0.0716. The summed E-state index contributed by atoms with van der Waals surface area (Å²) in [5.74, 6) is 0.852. The average Bonchev–Trinajstić information content (AvgIpc) is 2.46. The average molecular weight is 271 g/mol. The third-order valence-corrected chi connectivity index (χ3v) is 3.09. The Kier molecular flexibility index (Phi) is 5.16. The molecule has 0 amide bonds. The highest BCUT2D eigenvalue weighted by molar-refractivity contribution is 5.28. The molecule has 3 heteroatoms. The lowest BCUT2D eigenvalue weighted by Crippen LogP contribution is -2.17. The van der Waals surface area contributed by atoms with Gasteiger partial charge in [0.1, 0.15) is 12.4 Å². The summed E-state index contributed by atoms with van der Waals surface area (Å²) in [5.41, 5.74) is 8.99. The highest BCUT2D eigenvalue weighted by Gasteiger charge is 2.00. The molecule has 0 saturated carbocycles. The Morgan fingerprint density at radius 3 is 2.05 bits per heavy atom. The molecule has 0 spiro atoms. The van der Waals surface area contributed by atoms with Gasteiger partial charge in [-0.3, -0.25) is 0 Å². The van der Waals surface area contributed by atoms with E-state index in [0.717, 1.165) is 23.3 Å². The summed E-state index contributed by atoms with van der Waals surface area (Å²) in [7, 11) is 0. The molecule has 2 aromatic rings. The normalized spacial score (nSPS) is 12.2. The molecule has 3 N–H and O–H groups in total. The van der Waals surface area contributed by atoms with Crippen LogP contribution >= 0.6 is 0 Å². The Bertz CT molecular complexity index is 518. The van der Waals surface area contributed by atoms with Crippen molar-refractivity contribution in [2.24, 2.45) is 5.73 Å². The van der Waals surface area contributed by atoms with Crippen LogP contribution in [0, 0.1) is 0 Å². The highest BCUT2D eigenvalue weighted by atomic mass is 16.5. The highest BCUT2D eigenvalue weighted by Crippen LogP contribution is 2.15. The lowest BCUT2D eigenvalue weighted by atomic mass is 10.1. The number of nitrogens with two attached hydrogens (primary N) is 1. The van der Waals surface area contributed by atoms with Crippen molar-refractivity contribution in [2.75, 3.05) is 0 Å². The van der Waals surface area contributed by atoms with Gasteiger partial charge >= 0.3 is 0 Å². The zero-order valence-electron chi connectivity index (χ0n) is 11.8. The van der Waals surface area contributed by atoms with Crippen LogP contribution in [0.1, 0.15) is 23.6 Å². The van der Waals surface area contributed by atoms with E-state index in [9.17, 15) is 0 Å². The fourth-order valence-corrected chi connectivity index (χ4v) is 2.00. The molecule has 2 rings (SSSR count). The number of hydrogen-bond donors (Lipinski definition) is 2. The number of ether oxygens (including phenoxy) is 1. The van der Waals surface area contributed by atoms with Crippen LogP contribution in [0.2, 0.25) is 0 Å². The lowest BCUT2D eigenvalue weighted by molar-refractivity contribution is 0.281. The SMILES string of the molecule is CC(N)Cc1ccc(OCc2ccc(CO)cc2)cc1. The van der Waals surface area contributed by atoms with Gasteiger partial charge in [-0.15, -0.1) is 0 Å². The second-order valence-corrected chi connectivity index (χ2v) is 5.09. The van der Waals surface area contributed by atoms with Gasteiger partial charge in [0.25, 0.3) is 0 Å². The Hall–Kier alpha value is -1.84. The summed E-state index contributed by atoms with van der Waals surface area (Å²) in [4.78, 5) is 0. The van der Waals surface area contributed by atoms with Crippen molar-refractivity contribution in [2.45, 2.75) is 32.6 Å². The van der Waals surface area contributed by atoms with Crippen LogP contribution in [0.15, 0.2) is 48.5 Å². The minimum absolute atomic E-state index is 0.0716. The maximum absolute atomic E-state index is 8.98. The molecule has 0 bridgehead atoms. The predicted molar refractivity (Wildman–Crippen MR) is 80.5 cm³/mol. The van der Waals surface area contributed by atoms with E-state index in [1.807, 2.05) is 55.5 Å². The summed E-state index contributed by atoms with van der Waals surface area (Å²) < 4.78 is 5.73. The first-order valence-corrected chi connectivity index (χ1v) is 6.83. The molecule has 1 atom stereocenters. The van der Waals surface area contributed by atoms with E-state index in [2.05, 4.69) is 0 Å². The summed E-state index contributed by atoms with van der Waals surface area (Å²) in [5, 5.41) is 8.98. The van der Waals surface area contributed by atoms with Crippen molar-refractivity contribution >= 4 is 0 Å². The van der Waals surface area contributed by atoms with E-state index in [0.29, 0.717) is 6.61 Å². The fourth-order valence-electron chi connectivity index (χ4n) is 2.00. The molecule has 0 aliphatic rings. The molecule has 106 valence electrons. The smallest absolute Gasteiger partial charge is 0.119 e.